The minimum Gasteiger partial charge on any atom is -0.474 e. The van der Waals surface area contributed by atoms with E-state index in [1.165, 1.54) is 0 Å². The predicted molar refractivity (Wildman–Crippen MR) is 102 cm³/mol. The van der Waals surface area contributed by atoms with Crippen LogP contribution < -0.4 is 10.1 Å². The van der Waals surface area contributed by atoms with E-state index in [2.05, 4.69) is 15.3 Å². The highest BCUT2D eigenvalue weighted by Gasteiger charge is 2.25. The second-order valence-electron chi connectivity index (χ2n) is 6.63. The Morgan fingerprint density at radius 3 is 2.73 bits per heavy atom. The summed E-state index contributed by atoms with van der Waals surface area (Å²) in [5.41, 5.74) is 1.68. The zero-order chi connectivity index (χ0) is 17.9. The zero-order valence-electron chi connectivity index (χ0n) is 14.2. The average molecular weight is 370 g/mol. The van der Waals surface area contributed by atoms with Crippen LogP contribution in [0.2, 0.25) is 5.02 Å². The first-order chi connectivity index (χ1) is 12.7. The highest BCUT2D eigenvalue weighted by Crippen LogP contribution is 2.24. The molecular weight excluding hydrogens is 350 g/mol. The molecule has 0 aliphatic heterocycles. The van der Waals surface area contributed by atoms with Gasteiger partial charge in [-0.3, -0.25) is 4.79 Å². The van der Waals surface area contributed by atoms with Gasteiger partial charge in [-0.1, -0.05) is 29.8 Å². The smallest absolute Gasteiger partial charge is 0.253 e. The first-order valence-corrected chi connectivity index (χ1v) is 9.22. The lowest BCUT2D eigenvalue weighted by Gasteiger charge is -2.29. The summed E-state index contributed by atoms with van der Waals surface area (Å²) in [5.74, 6) is 0.576. The van der Waals surface area contributed by atoms with Crippen molar-refractivity contribution >= 4 is 28.4 Å². The minimum atomic E-state index is -0.0220. The van der Waals surface area contributed by atoms with Gasteiger partial charge < -0.3 is 15.0 Å². The SMILES string of the molecule is O=C(NC1CCC(Oc2ccc(Cl)cn2)CC1)c1c[nH]c2ccccc12. The van der Waals surface area contributed by atoms with Crippen LogP contribution in [0.4, 0.5) is 0 Å². The number of halogens is 1. The van der Waals surface area contributed by atoms with Gasteiger partial charge in [0, 0.05) is 35.4 Å². The molecule has 134 valence electrons. The molecule has 2 N–H and O–H groups in total. The molecule has 1 aliphatic rings. The lowest BCUT2D eigenvalue weighted by molar-refractivity contribution is 0.0892. The van der Waals surface area contributed by atoms with Gasteiger partial charge in [0.05, 0.1) is 10.6 Å². The van der Waals surface area contributed by atoms with Crippen LogP contribution in [0.1, 0.15) is 36.0 Å². The van der Waals surface area contributed by atoms with E-state index < -0.39 is 0 Å². The first kappa shape index (κ1) is 16.9. The highest BCUT2D eigenvalue weighted by atomic mass is 35.5. The molecule has 2 aromatic heterocycles. The summed E-state index contributed by atoms with van der Waals surface area (Å²) in [4.78, 5) is 19.9. The second-order valence-corrected chi connectivity index (χ2v) is 7.06. The largest absolute Gasteiger partial charge is 0.474 e. The van der Waals surface area contributed by atoms with E-state index in [4.69, 9.17) is 16.3 Å². The third-order valence-electron chi connectivity index (χ3n) is 4.83. The fourth-order valence-corrected chi connectivity index (χ4v) is 3.56. The zero-order valence-corrected chi connectivity index (χ0v) is 15.0. The average Bonchev–Trinajstić information content (AvgIpc) is 3.09. The Balaban J connectivity index is 1.32. The molecule has 1 amide bonds. The predicted octanol–water partition coefficient (Wildman–Crippen LogP) is 4.34. The third kappa shape index (κ3) is 3.68. The summed E-state index contributed by atoms with van der Waals surface area (Å²) in [6.07, 6.45) is 7.07. The molecule has 1 fully saturated rings. The van der Waals surface area contributed by atoms with Gasteiger partial charge in [-0.25, -0.2) is 4.98 Å². The van der Waals surface area contributed by atoms with E-state index in [1.54, 1.807) is 24.5 Å². The lowest BCUT2D eigenvalue weighted by Crippen LogP contribution is -2.39. The van der Waals surface area contributed by atoms with Crippen molar-refractivity contribution in [1.82, 2.24) is 15.3 Å². The number of hydrogen-bond donors (Lipinski definition) is 2. The molecular formula is C20H20ClN3O2. The second kappa shape index (κ2) is 7.38. The van der Waals surface area contributed by atoms with Crippen molar-refractivity contribution in [3.8, 4) is 5.88 Å². The number of rotatable bonds is 4. The highest BCUT2D eigenvalue weighted by molar-refractivity contribution is 6.30. The Morgan fingerprint density at radius 1 is 1.15 bits per heavy atom. The standard InChI is InChI=1S/C20H20ClN3O2/c21-13-5-10-19(23-11-13)26-15-8-6-14(7-9-15)24-20(25)17-12-22-18-4-2-1-3-16(17)18/h1-5,10-12,14-15,22H,6-9H2,(H,24,25). The van der Waals surface area contributed by atoms with Crippen molar-refractivity contribution in [2.24, 2.45) is 0 Å². The minimum absolute atomic E-state index is 0.0220. The molecule has 0 spiro atoms. The molecule has 1 aromatic carbocycles. The summed E-state index contributed by atoms with van der Waals surface area (Å²) >= 11 is 5.84. The Morgan fingerprint density at radius 2 is 1.96 bits per heavy atom. The van der Waals surface area contributed by atoms with Gasteiger partial charge in [0.2, 0.25) is 5.88 Å². The molecule has 26 heavy (non-hydrogen) atoms. The van der Waals surface area contributed by atoms with E-state index in [0.29, 0.717) is 16.5 Å². The molecule has 3 aromatic rings. The molecule has 4 rings (SSSR count). The number of nitrogens with one attached hydrogen (secondary N) is 2. The molecule has 2 heterocycles. The molecule has 5 nitrogen and oxygen atoms in total. The van der Waals surface area contributed by atoms with Gasteiger partial charge in [-0.15, -0.1) is 0 Å². The molecule has 0 saturated heterocycles. The van der Waals surface area contributed by atoms with E-state index in [9.17, 15) is 4.79 Å². The maximum absolute atomic E-state index is 12.6. The Kier molecular flexibility index (Phi) is 4.80. The normalized spacial score (nSPS) is 20.0. The van der Waals surface area contributed by atoms with Crippen LogP contribution in [0.15, 0.2) is 48.8 Å². The number of hydrogen-bond acceptors (Lipinski definition) is 3. The van der Waals surface area contributed by atoms with Gasteiger partial charge in [0.15, 0.2) is 0 Å². The van der Waals surface area contributed by atoms with Gasteiger partial charge >= 0.3 is 0 Å². The quantitative estimate of drug-likeness (QED) is 0.719. The number of para-hydroxylation sites is 1. The van der Waals surface area contributed by atoms with Gasteiger partial charge in [-0.2, -0.15) is 0 Å². The number of fused-ring (bicyclic) bond motifs is 1. The Labute approximate surface area is 156 Å². The van der Waals surface area contributed by atoms with E-state index in [1.807, 2.05) is 24.3 Å². The molecule has 1 aliphatic carbocycles. The Bertz CT molecular complexity index is 899. The van der Waals surface area contributed by atoms with E-state index in [-0.39, 0.29) is 18.1 Å². The number of ether oxygens (including phenoxy) is 1. The van der Waals surface area contributed by atoms with Crippen molar-refractivity contribution < 1.29 is 9.53 Å². The van der Waals surface area contributed by atoms with E-state index in [0.717, 1.165) is 36.6 Å². The summed E-state index contributed by atoms with van der Waals surface area (Å²) in [6, 6.07) is 11.6. The van der Waals surface area contributed by atoms with Crippen LogP contribution in [0.25, 0.3) is 10.9 Å². The molecule has 6 heteroatoms. The van der Waals surface area contributed by atoms with Crippen LogP contribution in [-0.2, 0) is 0 Å². The summed E-state index contributed by atoms with van der Waals surface area (Å²) in [5, 5.41) is 4.71. The van der Waals surface area contributed by atoms with Crippen molar-refractivity contribution in [3.63, 3.8) is 0 Å². The van der Waals surface area contributed by atoms with E-state index >= 15 is 0 Å². The van der Waals surface area contributed by atoms with Crippen LogP contribution in [0, 0.1) is 0 Å². The maximum Gasteiger partial charge on any atom is 0.253 e. The van der Waals surface area contributed by atoms with Crippen molar-refractivity contribution in [3.05, 3.63) is 59.4 Å². The fourth-order valence-electron chi connectivity index (χ4n) is 3.45. The number of H-pyrrole nitrogens is 1. The number of amides is 1. The Hall–Kier alpha value is -2.53. The van der Waals surface area contributed by atoms with Crippen LogP contribution in [0.5, 0.6) is 5.88 Å². The monoisotopic (exact) mass is 369 g/mol. The number of carbonyl (C=O) groups excluding carboxylic acids is 1. The molecule has 0 unspecified atom stereocenters. The number of nitrogens with zero attached hydrogens (tertiary/aromatic N) is 1. The summed E-state index contributed by atoms with van der Waals surface area (Å²) < 4.78 is 5.91. The number of aromatic nitrogens is 2. The summed E-state index contributed by atoms with van der Waals surface area (Å²) in [7, 11) is 0. The van der Waals surface area contributed by atoms with Gasteiger partial charge in [0.1, 0.15) is 6.10 Å². The van der Waals surface area contributed by atoms with Crippen molar-refractivity contribution in [2.75, 3.05) is 0 Å². The molecule has 0 radical (unpaired) electrons. The molecule has 0 bridgehead atoms. The topological polar surface area (TPSA) is 67.0 Å². The number of aromatic amines is 1. The third-order valence-corrected chi connectivity index (χ3v) is 5.05. The fraction of sp³-hybridized carbons (Fsp3) is 0.300. The molecule has 0 atom stereocenters. The first-order valence-electron chi connectivity index (χ1n) is 8.84. The van der Waals surface area contributed by atoms with Crippen molar-refractivity contribution in [2.45, 2.75) is 37.8 Å². The van der Waals surface area contributed by atoms with Crippen LogP contribution >= 0.6 is 11.6 Å². The van der Waals surface area contributed by atoms with Gasteiger partial charge in [0.25, 0.3) is 5.91 Å². The maximum atomic E-state index is 12.6. The number of pyridine rings is 1. The van der Waals surface area contributed by atoms with Gasteiger partial charge in [-0.05, 0) is 37.8 Å². The van der Waals surface area contributed by atoms with Crippen LogP contribution in [-0.4, -0.2) is 28.0 Å². The van der Waals surface area contributed by atoms with Crippen LogP contribution in [0.3, 0.4) is 0 Å². The lowest BCUT2D eigenvalue weighted by atomic mass is 9.92. The number of carbonyl (C=O) groups is 1. The summed E-state index contributed by atoms with van der Waals surface area (Å²) in [6.45, 7) is 0. The number of benzene rings is 1. The molecule has 1 saturated carbocycles. The van der Waals surface area contributed by atoms with Crippen molar-refractivity contribution in [1.29, 1.82) is 0 Å².